The lowest BCUT2D eigenvalue weighted by Gasteiger charge is -2.36. The van der Waals surface area contributed by atoms with Crippen molar-refractivity contribution in [2.24, 2.45) is 5.41 Å². The minimum absolute atomic E-state index is 0.0114. The van der Waals surface area contributed by atoms with Crippen LogP contribution in [0.3, 0.4) is 0 Å². The Bertz CT molecular complexity index is 2360. The van der Waals surface area contributed by atoms with Gasteiger partial charge >= 0.3 is 0 Å². The third-order valence-corrected chi connectivity index (χ3v) is 17.0. The second kappa shape index (κ2) is 33.0. The number of rotatable bonds is 38. The van der Waals surface area contributed by atoms with Gasteiger partial charge in [0.2, 0.25) is 11.8 Å². The Morgan fingerprint density at radius 1 is 0.861 bits per heavy atom. The summed E-state index contributed by atoms with van der Waals surface area (Å²) in [5.41, 5.74) is 4.05. The number of imidazole rings is 1. The number of amides is 2. The molecule has 2 amide bonds. The van der Waals surface area contributed by atoms with Gasteiger partial charge in [0.25, 0.3) is 15.6 Å². The minimum Gasteiger partial charge on any atom is -0.790 e. The molecule has 2 unspecified atom stereocenters. The number of phosphoric acid groups is 3. The highest BCUT2D eigenvalue weighted by molar-refractivity contribution is 8.13. The molecule has 0 spiro atoms. The average Bonchev–Trinajstić information content (AvgIpc) is 4.00. The van der Waals surface area contributed by atoms with Crippen molar-refractivity contribution in [3.05, 3.63) is 12.7 Å². The summed E-state index contributed by atoms with van der Waals surface area (Å²) < 4.78 is 72.4. The Hall–Kier alpha value is -2.64. The van der Waals surface area contributed by atoms with E-state index in [1.54, 1.807) is 6.92 Å². The van der Waals surface area contributed by atoms with Crippen molar-refractivity contribution in [2.45, 2.75) is 204 Å². The summed E-state index contributed by atoms with van der Waals surface area (Å²) in [6.45, 7) is 3.70. The van der Waals surface area contributed by atoms with Crippen LogP contribution in [0.1, 0.15) is 143 Å². The SMILES string of the molecule is C[C@H](CCCCCCCCCCCCCC[C@@H](O)CC(=O)SCCNC(=O)CCNC(=O)[C@H](O)C(C)(C)COP(=O)([O-])OP(=O)([O-])OC[C@H]1O[C@@H](n2cnc3c(N)ncnc32)[C@H](O)[C@@H]1OP(=O)([O-])[O-])O[C@@H]1O[C@@H](C)[C@H](O)C[C@H]1O. The number of ether oxygens (including phenoxy) is 3. The van der Waals surface area contributed by atoms with Crippen molar-refractivity contribution < 1.29 is 105 Å². The monoisotopic (exact) mass is 1210 g/mol. The highest BCUT2D eigenvalue weighted by Crippen LogP contribution is 2.56. The topological polar surface area (TPSA) is 454 Å². The molecule has 0 saturated carbocycles. The summed E-state index contributed by atoms with van der Waals surface area (Å²) in [6, 6.07) is 0. The van der Waals surface area contributed by atoms with Crippen LogP contribution in [-0.4, -0.2) is 155 Å². The number of nitrogen functional groups attached to an aromatic ring is 1. The normalized spacial score (nSPS) is 24.6. The number of hydrogen-bond donors (Lipinski definition) is 8. The van der Waals surface area contributed by atoms with Crippen molar-refractivity contribution in [3.63, 3.8) is 0 Å². The molecular formula is C46H78N7O22P3S-4. The molecule has 2 aromatic heterocycles. The van der Waals surface area contributed by atoms with Crippen LogP contribution in [0.5, 0.6) is 0 Å². The molecule has 4 rings (SSSR count). The number of aromatic nitrogens is 4. The molecule has 2 aliphatic heterocycles. The number of nitrogens with zero attached hydrogens (tertiary/aromatic N) is 4. The second-order valence-electron chi connectivity index (χ2n) is 20.4. The molecular weight excluding hydrogens is 1130 g/mol. The zero-order valence-corrected chi connectivity index (χ0v) is 48.4. The molecule has 454 valence electrons. The molecule has 13 atom stereocenters. The number of unbranched alkanes of at least 4 members (excludes halogenated alkanes) is 11. The van der Waals surface area contributed by atoms with Crippen LogP contribution < -0.4 is 35.9 Å². The van der Waals surface area contributed by atoms with Gasteiger partial charge in [0, 0.05) is 43.5 Å². The average molecular weight is 1210 g/mol. The number of fused-ring (bicyclic) bond motifs is 1. The van der Waals surface area contributed by atoms with Crippen molar-refractivity contribution in [2.75, 3.05) is 37.8 Å². The zero-order valence-electron chi connectivity index (χ0n) is 44.9. The number of nitrogens with two attached hydrogens (primary N) is 1. The summed E-state index contributed by atoms with van der Waals surface area (Å²) in [6.07, 6.45) is 3.89. The smallest absolute Gasteiger partial charge is 0.274 e. The predicted molar refractivity (Wildman–Crippen MR) is 275 cm³/mol. The zero-order chi connectivity index (χ0) is 58.6. The van der Waals surface area contributed by atoms with E-state index in [1.807, 2.05) is 6.92 Å². The van der Waals surface area contributed by atoms with Crippen LogP contribution in [0.25, 0.3) is 11.2 Å². The molecule has 4 heterocycles. The predicted octanol–water partition coefficient (Wildman–Crippen LogP) is 0.611. The van der Waals surface area contributed by atoms with Gasteiger partial charge in [0.15, 0.2) is 29.1 Å². The van der Waals surface area contributed by atoms with Gasteiger partial charge in [-0.05, 0) is 26.7 Å². The molecule has 2 aliphatic rings. The Labute approximate surface area is 463 Å². The molecule has 2 fully saturated rings. The first-order valence-electron chi connectivity index (χ1n) is 26.4. The van der Waals surface area contributed by atoms with E-state index in [4.69, 9.17) is 19.9 Å². The fourth-order valence-electron chi connectivity index (χ4n) is 8.57. The number of phosphoric ester groups is 3. The van der Waals surface area contributed by atoms with Gasteiger partial charge in [0.05, 0.1) is 51.8 Å². The molecule has 0 radical (unpaired) electrons. The van der Waals surface area contributed by atoms with E-state index < -0.39 is 109 Å². The molecule has 0 aliphatic carbocycles. The maximum absolute atomic E-state index is 12.7. The van der Waals surface area contributed by atoms with E-state index >= 15 is 0 Å². The van der Waals surface area contributed by atoms with E-state index in [1.165, 1.54) is 46.0 Å². The first-order chi connectivity index (χ1) is 37.1. The first-order valence-corrected chi connectivity index (χ1v) is 31.8. The van der Waals surface area contributed by atoms with Gasteiger partial charge in [-0.1, -0.05) is 103 Å². The maximum atomic E-state index is 12.7. The van der Waals surface area contributed by atoms with E-state index in [-0.39, 0.29) is 72.4 Å². The first kappa shape index (κ1) is 68.9. The van der Waals surface area contributed by atoms with Gasteiger partial charge in [-0.15, -0.1) is 0 Å². The second-order valence-corrected chi connectivity index (χ2v) is 25.6. The molecule has 2 aromatic rings. The lowest BCUT2D eigenvalue weighted by molar-refractivity contribution is -0.347. The van der Waals surface area contributed by atoms with E-state index in [0.717, 1.165) is 80.4 Å². The molecule has 2 saturated heterocycles. The highest BCUT2D eigenvalue weighted by atomic mass is 32.2. The number of carbonyl (C=O) groups is 3. The molecule has 29 nitrogen and oxygen atoms in total. The third kappa shape index (κ3) is 24.6. The van der Waals surface area contributed by atoms with Crippen LogP contribution in [0.4, 0.5) is 5.82 Å². The fourth-order valence-corrected chi connectivity index (χ4v) is 12.0. The Morgan fingerprint density at radius 2 is 1.47 bits per heavy atom. The van der Waals surface area contributed by atoms with Gasteiger partial charge in [-0.2, -0.15) is 0 Å². The number of carbonyl (C=O) groups excluding carboxylic acids is 3. The van der Waals surface area contributed by atoms with Crippen LogP contribution in [0.15, 0.2) is 12.7 Å². The summed E-state index contributed by atoms with van der Waals surface area (Å²) in [5.74, 6) is -1.38. The lowest BCUT2D eigenvalue weighted by Crippen LogP contribution is -2.48. The summed E-state index contributed by atoms with van der Waals surface area (Å²) in [5, 5.41) is 56.5. The summed E-state index contributed by atoms with van der Waals surface area (Å²) in [7, 11) is -17.7. The summed E-state index contributed by atoms with van der Waals surface area (Å²) >= 11 is 0.972. The molecule has 79 heavy (non-hydrogen) atoms. The lowest BCUT2D eigenvalue weighted by atomic mass is 9.87. The standard InChI is InChI=1S/C46H82N7O22P3S/c1-29(71-45-33(56)24-32(55)30(2)72-45)17-15-13-11-9-7-5-6-8-10-12-14-16-18-31(54)23-36(58)79-22-21-48-35(57)19-20-49-43(61)40(60)46(3,4)26-70-78(67,68)75-77(65,66)69-25-34-39(74-76(62,63)64)38(59)44(73-34)53-28-52-37-41(47)50-27-51-42(37)53/h27-34,38-40,44-45,54-56,59-60H,5-26H2,1-4H3,(H,48,57)(H,49,61)(H,65,66)(H,67,68)(H2,47,50,51)(H2,62,63,64)/p-4/t29-,30+,31-,32-,33-,34-,38-,39-,40+,44-,45-/m1/s1. The number of thioether (sulfide) groups is 1. The number of aliphatic hydroxyl groups excluding tert-OH is 5. The van der Waals surface area contributed by atoms with E-state index in [2.05, 4.69) is 43.5 Å². The molecule has 9 N–H and O–H groups in total. The van der Waals surface area contributed by atoms with Crippen molar-refractivity contribution in [1.82, 2.24) is 30.2 Å². The molecule has 0 aromatic carbocycles. The van der Waals surface area contributed by atoms with Crippen molar-refractivity contribution in [1.29, 1.82) is 0 Å². The van der Waals surface area contributed by atoms with Gasteiger partial charge in [-0.25, -0.2) is 19.3 Å². The Balaban J connectivity index is 0.995. The van der Waals surface area contributed by atoms with Crippen molar-refractivity contribution >= 4 is 69.1 Å². The van der Waals surface area contributed by atoms with E-state index in [9.17, 15) is 73.2 Å². The minimum atomic E-state index is -5.94. The van der Waals surface area contributed by atoms with Crippen LogP contribution in [0, 0.1) is 5.41 Å². The van der Waals surface area contributed by atoms with Gasteiger partial charge in [-0.3, -0.25) is 28.1 Å². The number of nitrogens with one attached hydrogen (secondary N) is 2. The van der Waals surface area contributed by atoms with Crippen LogP contribution in [-0.2, 0) is 60.2 Å². The number of hydrogen-bond acceptors (Lipinski definition) is 27. The summed E-state index contributed by atoms with van der Waals surface area (Å²) in [4.78, 5) is 97.2. The van der Waals surface area contributed by atoms with Crippen LogP contribution in [0.2, 0.25) is 0 Å². The molecule has 0 bridgehead atoms. The molecule has 33 heteroatoms. The fraction of sp³-hybridized carbons (Fsp3) is 0.826. The Kier molecular flexibility index (Phi) is 28.8. The third-order valence-electron chi connectivity index (χ3n) is 13.1. The van der Waals surface area contributed by atoms with Gasteiger partial charge < -0.3 is 93.8 Å². The number of aliphatic hydroxyl groups is 5. The maximum Gasteiger partial charge on any atom is 0.274 e. The number of anilines is 1. The van der Waals surface area contributed by atoms with Gasteiger partial charge in [0.1, 0.15) is 42.4 Å². The quantitative estimate of drug-likeness (QED) is 0.0337. The van der Waals surface area contributed by atoms with E-state index in [0.29, 0.717) is 6.42 Å². The van der Waals surface area contributed by atoms with Crippen molar-refractivity contribution in [3.8, 4) is 0 Å². The van der Waals surface area contributed by atoms with Crippen LogP contribution >= 0.6 is 35.2 Å². The Morgan fingerprint density at radius 3 is 2.10 bits per heavy atom. The highest BCUT2D eigenvalue weighted by Gasteiger charge is 2.47. The largest absolute Gasteiger partial charge is 0.790 e.